The number of amides is 1. The van der Waals surface area contributed by atoms with Crippen LogP contribution < -0.4 is 5.32 Å². The minimum absolute atomic E-state index is 0.0121. The molecule has 1 aliphatic rings. The molecule has 0 radical (unpaired) electrons. The van der Waals surface area contributed by atoms with Gasteiger partial charge in [0.1, 0.15) is 5.58 Å². The molecule has 0 atom stereocenters. The van der Waals surface area contributed by atoms with Gasteiger partial charge in [0.15, 0.2) is 15.6 Å². The molecule has 0 unspecified atom stereocenters. The number of sulfone groups is 1. The minimum Gasteiger partial charge on any atom is -0.451 e. The van der Waals surface area contributed by atoms with Crippen molar-refractivity contribution in [3.63, 3.8) is 0 Å². The number of para-hydroxylation sites is 1. The Morgan fingerprint density at radius 2 is 1.72 bits per heavy atom. The van der Waals surface area contributed by atoms with Gasteiger partial charge in [0, 0.05) is 28.5 Å². The standard InChI is InChI=1S/C25H29NO4S2/c27-25(26-16-9-17-32(28,29)20-12-5-2-6-13-20)24-22(18-31-19-10-3-1-4-11-19)21-14-7-8-15-23(21)30-24/h2,5-8,12-15,19H,1,3-4,9-11,16-18H2,(H,26,27). The van der Waals surface area contributed by atoms with E-state index in [1.165, 1.54) is 32.1 Å². The molecule has 1 saturated carbocycles. The summed E-state index contributed by atoms with van der Waals surface area (Å²) < 4.78 is 30.8. The number of rotatable bonds is 9. The van der Waals surface area contributed by atoms with Crippen molar-refractivity contribution in [2.24, 2.45) is 0 Å². The number of hydrogen-bond acceptors (Lipinski definition) is 5. The third-order valence-corrected chi connectivity index (χ3v) is 9.11. The van der Waals surface area contributed by atoms with E-state index in [0.29, 0.717) is 27.9 Å². The number of carbonyl (C=O) groups excluding carboxylic acids is 1. The monoisotopic (exact) mass is 471 g/mol. The first-order valence-corrected chi connectivity index (χ1v) is 13.9. The second kappa shape index (κ2) is 10.6. The van der Waals surface area contributed by atoms with Crippen LogP contribution in [0.4, 0.5) is 0 Å². The van der Waals surface area contributed by atoms with E-state index in [0.717, 1.165) is 16.7 Å². The second-order valence-corrected chi connectivity index (χ2v) is 11.6. The zero-order chi connectivity index (χ0) is 22.4. The lowest BCUT2D eigenvalue weighted by molar-refractivity contribution is 0.0927. The number of benzene rings is 2. The highest BCUT2D eigenvalue weighted by Crippen LogP contribution is 2.35. The molecule has 0 saturated heterocycles. The SMILES string of the molecule is O=C(NCCCS(=O)(=O)c1ccccc1)c1oc2ccccc2c1CSC1CCCCC1. The molecule has 1 amide bonds. The summed E-state index contributed by atoms with van der Waals surface area (Å²) >= 11 is 1.91. The summed E-state index contributed by atoms with van der Waals surface area (Å²) in [5.41, 5.74) is 1.65. The van der Waals surface area contributed by atoms with Crippen molar-refractivity contribution >= 4 is 38.5 Å². The van der Waals surface area contributed by atoms with Crippen molar-refractivity contribution in [1.82, 2.24) is 5.32 Å². The summed E-state index contributed by atoms with van der Waals surface area (Å²) in [5, 5.41) is 4.47. The summed E-state index contributed by atoms with van der Waals surface area (Å²) in [7, 11) is -3.35. The lowest BCUT2D eigenvalue weighted by atomic mass is 10.0. The van der Waals surface area contributed by atoms with Crippen molar-refractivity contribution in [3.8, 4) is 0 Å². The number of fused-ring (bicyclic) bond motifs is 1. The van der Waals surface area contributed by atoms with Gasteiger partial charge in [-0.2, -0.15) is 11.8 Å². The zero-order valence-corrected chi connectivity index (χ0v) is 19.7. The van der Waals surface area contributed by atoms with Gasteiger partial charge in [-0.05, 0) is 37.5 Å². The molecule has 7 heteroatoms. The quantitative estimate of drug-likeness (QED) is 0.412. The highest BCUT2D eigenvalue weighted by Gasteiger charge is 2.22. The fourth-order valence-electron chi connectivity index (χ4n) is 4.15. The molecule has 1 aliphatic carbocycles. The Labute approximate surface area is 193 Å². The number of hydrogen-bond donors (Lipinski definition) is 1. The molecule has 5 nitrogen and oxygen atoms in total. The first-order valence-electron chi connectivity index (χ1n) is 11.2. The van der Waals surface area contributed by atoms with Crippen LogP contribution in [-0.2, 0) is 15.6 Å². The molecule has 1 aromatic heterocycles. The first-order chi connectivity index (χ1) is 15.5. The van der Waals surface area contributed by atoms with E-state index in [-0.39, 0.29) is 18.2 Å². The molecule has 3 aromatic rings. The van der Waals surface area contributed by atoms with Crippen LogP contribution in [0.15, 0.2) is 63.9 Å². The predicted molar refractivity (Wildman–Crippen MR) is 130 cm³/mol. The average molecular weight is 472 g/mol. The molecular weight excluding hydrogens is 442 g/mol. The highest BCUT2D eigenvalue weighted by molar-refractivity contribution is 7.99. The number of carbonyl (C=O) groups is 1. The number of thioether (sulfide) groups is 1. The largest absolute Gasteiger partial charge is 0.451 e. The zero-order valence-electron chi connectivity index (χ0n) is 18.1. The molecule has 0 bridgehead atoms. The van der Waals surface area contributed by atoms with E-state index < -0.39 is 9.84 Å². The Bertz CT molecular complexity index is 1150. The van der Waals surface area contributed by atoms with Gasteiger partial charge in [-0.15, -0.1) is 0 Å². The van der Waals surface area contributed by atoms with E-state index in [1.807, 2.05) is 36.0 Å². The van der Waals surface area contributed by atoms with Crippen molar-refractivity contribution in [2.45, 2.75) is 54.4 Å². The Balaban J connectivity index is 1.39. The molecule has 0 aliphatic heterocycles. The topological polar surface area (TPSA) is 76.4 Å². The molecule has 1 heterocycles. The molecule has 4 rings (SSSR count). The highest BCUT2D eigenvalue weighted by atomic mass is 32.2. The first kappa shape index (κ1) is 22.9. The van der Waals surface area contributed by atoms with Crippen molar-refractivity contribution < 1.29 is 17.6 Å². The van der Waals surface area contributed by atoms with Gasteiger partial charge in [0.05, 0.1) is 10.6 Å². The molecular formula is C25H29NO4S2. The Morgan fingerprint density at radius 1 is 1.00 bits per heavy atom. The van der Waals surface area contributed by atoms with E-state index in [4.69, 9.17) is 4.42 Å². The predicted octanol–water partition coefficient (Wildman–Crippen LogP) is 5.59. The summed E-state index contributed by atoms with van der Waals surface area (Å²) in [4.78, 5) is 13.2. The normalized spacial score (nSPS) is 15.1. The van der Waals surface area contributed by atoms with Crippen molar-refractivity contribution in [3.05, 3.63) is 65.9 Å². The third kappa shape index (κ3) is 5.56. The molecule has 32 heavy (non-hydrogen) atoms. The Kier molecular flexibility index (Phi) is 7.58. The lowest BCUT2D eigenvalue weighted by Gasteiger charge is -2.20. The lowest BCUT2D eigenvalue weighted by Crippen LogP contribution is -2.26. The van der Waals surface area contributed by atoms with Gasteiger partial charge in [0.25, 0.3) is 5.91 Å². The van der Waals surface area contributed by atoms with Gasteiger partial charge in [-0.3, -0.25) is 4.79 Å². The van der Waals surface area contributed by atoms with Crippen molar-refractivity contribution in [2.75, 3.05) is 12.3 Å². The average Bonchev–Trinajstić information content (AvgIpc) is 3.20. The number of furan rings is 1. The van der Waals surface area contributed by atoms with Gasteiger partial charge < -0.3 is 9.73 Å². The van der Waals surface area contributed by atoms with Gasteiger partial charge >= 0.3 is 0 Å². The summed E-state index contributed by atoms with van der Waals surface area (Å²) in [6.07, 6.45) is 6.69. The molecule has 0 spiro atoms. The maximum absolute atomic E-state index is 12.9. The fourth-order valence-corrected chi connectivity index (χ4v) is 6.84. The third-order valence-electron chi connectivity index (χ3n) is 5.90. The Morgan fingerprint density at radius 3 is 2.50 bits per heavy atom. The van der Waals surface area contributed by atoms with Crippen LogP contribution >= 0.6 is 11.8 Å². The maximum atomic E-state index is 12.9. The summed E-state index contributed by atoms with van der Waals surface area (Å²) in [6.45, 7) is 0.275. The minimum atomic E-state index is -3.35. The van der Waals surface area contributed by atoms with Crippen molar-refractivity contribution in [1.29, 1.82) is 0 Å². The Hall–Kier alpha value is -2.25. The molecule has 2 aromatic carbocycles. The van der Waals surface area contributed by atoms with Crippen LogP contribution in [0, 0.1) is 0 Å². The fraction of sp³-hybridized carbons (Fsp3) is 0.400. The van der Waals surface area contributed by atoms with E-state index in [2.05, 4.69) is 5.32 Å². The van der Waals surface area contributed by atoms with E-state index in [9.17, 15) is 13.2 Å². The van der Waals surface area contributed by atoms with Crippen LogP contribution in [0.5, 0.6) is 0 Å². The molecule has 170 valence electrons. The number of nitrogens with one attached hydrogen (secondary N) is 1. The van der Waals surface area contributed by atoms with Crippen LogP contribution in [0.2, 0.25) is 0 Å². The van der Waals surface area contributed by atoms with Crippen LogP contribution in [0.25, 0.3) is 11.0 Å². The molecule has 1 fully saturated rings. The van der Waals surface area contributed by atoms with Gasteiger partial charge in [0.2, 0.25) is 0 Å². The smallest absolute Gasteiger partial charge is 0.287 e. The van der Waals surface area contributed by atoms with E-state index >= 15 is 0 Å². The van der Waals surface area contributed by atoms with Gasteiger partial charge in [-0.1, -0.05) is 55.7 Å². The summed E-state index contributed by atoms with van der Waals surface area (Å²) in [6, 6.07) is 16.1. The van der Waals surface area contributed by atoms with Crippen LogP contribution in [0.3, 0.4) is 0 Å². The molecule has 1 N–H and O–H groups in total. The van der Waals surface area contributed by atoms with Crippen LogP contribution in [-0.4, -0.2) is 31.9 Å². The van der Waals surface area contributed by atoms with Gasteiger partial charge in [-0.25, -0.2) is 8.42 Å². The second-order valence-electron chi connectivity index (χ2n) is 8.22. The maximum Gasteiger partial charge on any atom is 0.287 e. The van der Waals surface area contributed by atoms with E-state index in [1.54, 1.807) is 30.3 Å². The van der Waals surface area contributed by atoms with Crippen LogP contribution in [0.1, 0.15) is 54.6 Å². The summed E-state index contributed by atoms with van der Waals surface area (Å²) in [5.74, 6) is 0.798.